The number of aromatic nitrogens is 1. The van der Waals surface area contributed by atoms with Crippen molar-refractivity contribution in [1.29, 1.82) is 0 Å². The van der Waals surface area contributed by atoms with Crippen LogP contribution in [0.2, 0.25) is 0 Å². The molecule has 0 spiro atoms. The molecule has 0 unspecified atom stereocenters. The highest BCUT2D eigenvalue weighted by Gasteiger charge is 2.44. The molecule has 0 bridgehead atoms. The summed E-state index contributed by atoms with van der Waals surface area (Å²) in [6.07, 6.45) is 5.77. The number of hydrogen-bond donors (Lipinski definition) is 0. The van der Waals surface area contributed by atoms with Crippen LogP contribution < -0.4 is 0 Å². The Morgan fingerprint density at radius 1 is 1.00 bits per heavy atom. The van der Waals surface area contributed by atoms with E-state index >= 15 is 0 Å². The third-order valence-corrected chi connectivity index (χ3v) is 6.21. The summed E-state index contributed by atoms with van der Waals surface area (Å²) >= 11 is 0. The lowest BCUT2D eigenvalue weighted by molar-refractivity contribution is -0.142. The first kappa shape index (κ1) is 21.8. The van der Waals surface area contributed by atoms with Gasteiger partial charge in [0.1, 0.15) is 0 Å². The number of piperidine rings is 1. The van der Waals surface area contributed by atoms with Crippen molar-refractivity contribution in [2.45, 2.75) is 19.3 Å². The molecule has 1 aromatic heterocycles. The lowest BCUT2D eigenvalue weighted by Crippen LogP contribution is -2.54. The van der Waals surface area contributed by atoms with Crippen molar-refractivity contribution >= 4 is 11.8 Å². The van der Waals surface area contributed by atoms with Gasteiger partial charge in [0, 0.05) is 45.1 Å². The van der Waals surface area contributed by atoms with E-state index in [1.54, 1.807) is 25.2 Å². The Labute approximate surface area is 189 Å². The lowest BCUT2D eigenvalue weighted by atomic mass is 9.73. The Bertz CT molecular complexity index is 1080. The maximum absolute atomic E-state index is 13.5. The van der Waals surface area contributed by atoms with Crippen LogP contribution in [0.15, 0.2) is 79.1 Å². The topological polar surface area (TPSA) is 53.5 Å². The summed E-state index contributed by atoms with van der Waals surface area (Å²) in [5, 5.41) is 0. The van der Waals surface area contributed by atoms with E-state index in [9.17, 15) is 9.59 Å². The summed E-state index contributed by atoms with van der Waals surface area (Å²) in [7, 11) is 3.60. The van der Waals surface area contributed by atoms with Crippen LogP contribution in [-0.4, -0.2) is 53.8 Å². The standard InChI is InChI=1S/C27H29N3O2/c1-29(2)26(32)27(14-8-16-30(20-27)25(31)22-10-4-3-5-11-22)18-21-9-6-12-23(17-21)24-13-7-15-28-19-24/h3-7,9-13,15,17,19H,8,14,16,18,20H2,1-2H3/t27-/m1/s1. The molecule has 5 heteroatoms. The second kappa shape index (κ2) is 9.35. The lowest BCUT2D eigenvalue weighted by Gasteiger charge is -2.43. The summed E-state index contributed by atoms with van der Waals surface area (Å²) in [6, 6.07) is 21.6. The Hall–Kier alpha value is -3.47. The number of benzene rings is 2. The molecule has 164 valence electrons. The molecule has 32 heavy (non-hydrogen) atoms. The summed E-state index contributed by atoms with van der Waals surface area (Å²) in [5.74, 6) is 0.0696. The average Bonchev–Trinajstić information content (AvgIpc) is 2.84. The van der Waals surface area contributed by atoms with E-state index in [0.29, 0.717) is 25.1 Å². The van der Waals surface area contributed by atoms with Crippen LogP contribution in [0, 0.1) is 5.41 Å². The summed E-state index contributed by atoms with van der Waals surface area (Å²) in [6.45, 7) is 1.10. The third-order valence-electron chi connectivity index (χ3n) is 6.21. The number of carbonyl (C=O) groups is 2. The zero-order valence-electron chi connectivity index (χ0n) is 18.7. The molecule has 1 aliphatic heterocycles. The predicted octanol–water partition coefficient (Wildman–Crippen LogP) is 4.30. The zero-order chi connectivity index (χ0) is 22.6. The van der Waals surface area contributed by atoms with E-state index in [4.69, 9.17) is 0 Å². The fourth-order valence-corrected chi connectivity index (χ4v) is 4.72. The highest BCUT2D eigenvalue weighted by atomic mass is 16.2. The van der Waals surface area contributed by atoms with Crippen molar-refractivity contribution in [1.82, 2.24) is 14.8 Å². The normalized spacial score (nSPS) is 18.2. The second-order valence-corrected chi connectivity index (χ2v) is 8.80. The van der Waals surface area contributed by atoms with Gasteiger partial charge in [-0.05, 0) is 54.2 Å². The molecule has 1 atom stereocenters. The van der Waals surface area contributed by atoms with Crippen LogP contribution in [0.4, 0.5) is 0 Å². The smallest absolute Gasteiger partial charge is 0.253 e. The van der Waals surface area contributed by atoms with Crippen molar-refractivity contribution in [2.75, 3.05) is 27.2 Å². The first-order valence-electron chi connectivity index (χ1n) is 11.0. The largest absolute Gasteiger partial charge is 0.348 e. The Morgan fingerprint density at radius 3 is 2.50 bits per heavy atom. The van der Waals surface area contributed by atoms with Gasteiger partial charge in [0.2, 0.25) is 5.91 Å². The van der Waals surface area contributed by atoms with Gasteiger partial charge in [0.05, 0.1) is 5.41 Å². The minimum atomic E-state index is -0.639. The van der Waals surface area contributed by atoms with Crippen molar-refractivity contribution < 1.29 is 9.59 Å². The number of nitrogens with zero attached hydrogens (tertiary/aromatic N) is 3. The van der Waals surface area contributed by atoms with Crippen LogP contribution in [0.3, 0.4) is 0 Å². The first-order chi connectivity index (χ1) is 15.5. The monoisotopic (exact) mass is 427 g/mol. The molecule has 5 nitrogen and oxygen atoms in total. The molecule has 3 aromatic rings. The van der Waals surface area contributed by atoms with Gasteiger partial charge in [-0.15, -0.1) is 0 Å². The van der Waals surface area contributed by atoms with Gasteiger partial charge < -0.3 is 9.80 Å². The van der Waals surface area contributed by atoms with Crippen LogP contribution in [0.1, 0.15) is 28.8 Å². The molecule has 0 aliphatic carbocycles. The summed E-state index contributed by atoms with van der Waals surface area (Å²) < 4.78 is 0. The molecule has 0 radical (unpaired) electrons. The second-order valence-electron chi connectivity index (χ2n) is 8.80. The van der Waals surface area contributed by atoms with E-state index in [0.717, 1.165) is 29.5 Å². The average molecular weight is 428 g/mol. The van der Waals surface area contributed by atoms with Gasteiger partial charge in [0.25, 0.3) is 5.91 Å². The molecule has 1 aliphatic rings. The minimum absolute atomic E-state index is 0.00894. The Kier molecular flexibility index (Phi) is 6.35. The van der Waals surface area contributed by atoms with Gasteiger partial charge in [-0.1, -0.05) is 48.5 Å². The molecule has 4 rings (SSSR count). The fourth-order valence-electron chi connectivity index (χ4n) is 4.72. The van der Waals surface area contributed by atoms with Gasteiger partial charge >= 0.3 is 0 Å². The Balaban J connectivity index is 1.64. The molecule has 1 fully saturated rings. The van der Waals surface area contributed by atoms with Crippen LogP contribution >= 0.6 is 0 Å². The fraction of sp³-hybridized carbons (Fsp3) is 0.296. The maximum atomic E-state index is 13.5. The van der Waals surface area contributed by atoms with E-state index in [2.05, 4.69) is 23.2 Å². The number of pyridine rings is 1. The van der Waals surface area contributed by atoms with Gasteiger partial charge in [-0.3, -0.25) is 14.6 Å². The molecule has 2 heterocycles. The van der Waals surface area contributed by atoms with Crippen LogP contribution in [0.5, 0.6) is 0 Å². The molecular formula is C27H29N3O2. The number of rotatable bonds is 5. The summed E-state index contributed by atoms with van der Waals surface area (Å²) in [5.41, 5.74) is 3.25. The molecule has 1 saturated heterocycles. The summed E-state index contributed by atoms with van der Waals surface area (Å²) in [4.78, 5) is 34.4. The third kappa shape index (κ3) is 4.57. The highest BCUT2D eigenvalue weighted by molar-refractivity contribution is 5.95. The highest BCUT2D eigenvalue weighted by Crippen LogP contribution is 2.37. The molecule has 0 N–H and O–H groups in total. The quantitative estimate of drug-likeness (QED) is 0.610. The molecule has 2 aromatic carbocycles. The number of carbonyl (C=O) groups excluding carboxylic acids is 2. The molecular weight excluding hydrogens is 398 g/mol. The van der Waals surface area contributed by atoms with E-state index < -0.39 is 5.41 Å². The number of likely N-dealkylation sites (tertiary alicyclic amines) is 1. The number of hydrogen-bond acceptors (Lipinski definition) is 3. The predicted molar refractivity (Wildman–Crippen MR) is 126 cm³/mol. The van der Waals surface area contributed by atoms with Crippen molar-refractivity contribution in [3.63, 3.8) is 0 Å². The first-order valence-corrected chi connectivity index (χ1v) is 11.0. The van der Waals surface area contributed by atoms with Crippen LogP contribution in [0.25, 0.3) is 11.1 Å². The van der Waals surface area contributed by atoms with Crippen molar-refractivity contribution in [2.24, 2.45) is 5.41 Å². The van der Waals surface area contributed by atoms with E-state index in [1.165, 1.54) is 0 Å². The molecule has 2 amide bonds. The van der Waals surface area contributed by atoms with Gasteiger partial charge in [0.15, 0.2) is 0 Å². The van der Waals surface area contributed by atoms with E-state index in [-0.39, 0.29) is 11.8 Å². The van der Waals surface area contributed by atoms with E-state index in [1.807, 2.05) is 59.6 Å². The van der Waals surface area contributed by atoms with Gasteiger partial charge in [-0.2, -0.15) is 0 Å². The number of amides is 2. The minimum Gasteiger partial charge on any atom is -0.348 e. The SMILES string of the molecule is CN(C)C(=O)[C@@]1(Cc2cccc(-c3cccnc3)c2)CCCN(C(=O)c2ccccc2)C1. The molecule has 0 saturated carbocycles. The zero-order valence-corrected chi connectivity index (χ0v) is 18.7. The van der Waals surface area contributed by atoms with Gasteiger partial charge in [-0.25, -0.2) is 0 Å². The Morgan fingerprint density at radius 2 is 1.78 bits per heavy atom. The van der Waals surface area contributed by atoms with Crippen LogP contribution in [-0.2, 0) is 11.2 Å². The maximum Gasteiger partial charge on any atom is 0.253 e. The van der Waals surface area contributed by atoms with Crippen molar-refractivity contribution in [3.05, 3.63) is 90.3 Å². The van der Waals surface area contributed by atoms with Crippen molar-refractivity contribution in [3.8, 4) is 11.1 Å².